The largest absolute Gasteiger partial charge is 0.496 e. The molecule has 0 amide bonds. The highest BCUT2D eigenvalue weighted by molar-refractivity contribution is 6.06. The molecule has 5 nitrogen and oxygen atoms in total. The molecule has 0 fully saturated rings. The Hall–Kier alpha value is -2.37. The van der Waals surface area contributed by atoms with E-state index in [1.165, 1.54) is 25.4 Å². The molecule has 6 heteroatoms. The number of nitrogen functional groups attached to an aromatic ring is 1. The molecule has 1 aromatic heterocycles. The summed E-state index contributed by atoms with van der Waals surface area (Å²) in [5.74, 6) is -0.772. The number of pyridine rings is 1. The van der Waals surface area contributed by atoms with Crippen molar-refractivity contribution in [1.29, 1.82) is 0 Å². The Morgan fingerprint density at radius 2 is 2.21 bits per heavy atom. The van der Waals surface area contributed by atoms with Gasteiger partial charge >= 0.3 is 5.97 Å². The first-order valence-electron chi connectivity index (χ1n) is 5.68. The average Bonchev–Trinajstić information content (AvgIpc) is 2.40. The maximum Gasteiger partial charge on any atom is 0.341 e. The van der Waals surface area contributed by atoms with Crippen molar-refractivity contribution in [3.05, 3.63) is 29.7 Å². The minimum atomic E-state index is -0.597. The van der Waals surface area contributed by atoms with Crippen LogP contribution in [0.3, 0.4) is 0 Å². The van der Waals surface area contributed by atoms with Crippen molar-refractivity contribution in [2.75, 3.05) is 19.5 Å². The van der Waals surface area contributed by atoms with Crippen LogP contribution in [0, 0.1) is 5.82 Å². The Balaban J connectivity index is 2.73. The van der Waals surface area contributed by atoms with Crippen molar-refractivity contribution < 1.29 is 18.7 Å². The summed E-state index contributed by atoms with van der Waals surface area (Å²) in [6.45, 7) is 1.90. The smallest absolute Gasteiger partial charge is 0.341 e. The molecule has 0 atom stereocenters. The van der Waals surface area contributed by atoms with Crippen LogP contribution in [0.15, 0.2) is 18.3 Å². The van der Waals surface area contributed by atoms with E-state index in [0.717, 1.165) is 0 Å². The van der Waals surface area contributed by atoms with Gasteiger partial charge in [-0.2, -0.15) is 0 Å². The van der Waals surface area contributed by atoms with Gasteiger partial charge in [0.1, 0.15) is 22.6 Å². The monoisotopic (exact) mass is 264 g/mol. The zero-order valence-electron chi connectivity index (χ0n) is 10.6. The Kier molecular flexibility index (Phi) is 3.50. The first kappa shape index (κ1) is 13.1. The molecule has 1 aromatic carbocycles. The molecular formula is C13H13FN2O3. The van der Waals surface area contributed by atoms with Crippen molar-refractivity contribution in [3.8, 4) is 5.75 Å². The number of aromatic nitrogens is 1. The van der Waals surface area contributed by atoms with Crippen LogP contribution in [0.4, 0.5) is 10.1 Å². The van der Waals surface area contributed by atoms with Gasteiger partial charge in [0.25, 0.3) is 0 Å². The van der Waals surface area contributed by atoms with Crippen LogP contribution in [-0.2, 0) is 4.74 Å². The number of nitrogens with zero attached hydrogens (tertiary/aromatic N) is 1. The Morgan fingerprint density at radius 1 is 1.47 bits per heavy atom. The molecule has 0 bridgehead atoms. The molecule has 0 saturated heterocycles. The zero-order chi connectivity index (χ0) is 14.0. The fraction of sp³-hybridized carbons (Fsp3) is 0.231. The van der Waals surface area contributed by atoms with E-state index in [-0.39, 0.29) is 28.8 Å². The molecule has 19 heavy (non-hydrogen) atoms. The van der Waals surface area contributed by atoms with Gasteiger partial charge in [-0.3, -0.25) is 4.98 Å². The lowest BCUT2D eigenvalue weighted by atomic mass is 10.1. The fourth-order valence-electron chi connectivity index (χ4n) is 1.81. The summed E-state index contributed by atoms with van der Waals surface area (Å²) in [5, 5.41) is 0.271. The summed E-state index contributed by atoms with van der Waals surface area (Å²) in [4.78, 5) is 15.6. The second kappa shape index (κ2) is 5.09. The number of hydrogen-bond acceptors (Lipinski definition) is 5. The van der Waals surface area contributed by atoms with Crippen molar-refractivity contribution in [1.82, 2.24) is 4.98 Å². The third-order valence-electron chi connectivity index (χ3n) is 2.69. The summed E-state index contributed by atoms with van der Waals surface area (Å²) < 4.78 is 23.7. The molecular weight excluding hydrogens is 251 g/mol. The normalized spacial score (nSPS) is 10.5. The highest BCUT2D eigenvalue weighted by Crippen LogP contribution is 2.33. The molecule has 0 saturated carbocycles. The van der Waals surface area contributed by atoms with E-state index >= 15 is 0 Å². The quantitative estimate of drug-likeness (QED) is 0.860. The van der Waals surface area contributed by atoms with E-state index in [1.54, 1.807) is 6.92 Å². The summed E-state index contributed by atoms with van der Waals surface area (Å²) in [6.07, 6.45) is 1.21. The number of benzene rings is 1. The predicted molar refractivity (Wildman–Crippen MR) is 68.6 cm³/mol. The SMILES string of the molecule is CCOC(=O)c1cnc2c(F)ccc(OC)c2c1N. The van der Waals surface area contributed by atoms with Gasteiger partial charge in [-0.15, -0.1) is 0 Å². The van der Waals surface area contributed by atoms with Crippen molar-refractivity contribution in [3.63, 3.8) is 0 Å². The van der Waals surface area contributed by atoms with E-state index in [9.17, 15) is 9.18 Å². The van der Waals surface area contributed by atoms with Crippen LogP contribution >= 0.6 is 0 Å². The first-order valence-corrected chi connectivity index (χ1v) is 5.68. The van der Waals surface area contributed by atoms with E-state index in [4.69, 9.17) is 15.2 Å². The Morgan fingerprint density at radius 3 is 2.84 bits per heavy atom. The molecule has 0 aliphatic carbocycles. The van der Waals surface area contributed by atoms with Gasteiger partial charge in [-0.1, -0.05) is 0 Å². The van der Waals surface area contributed by atoms with Crippen LogP contribution in [0.2, 0.25) is 0 Å². The molecule has 0 aliphatic rings. The number of halogens is 1. The van der Waals surface area contributed by atoms with Gasteiger partial charge in [0.05, 0.1) is 24.8 Å². The van der Waals surface area contributed by atoms with Gasteiger partial charge in [0.15, 0.2) is 0 Å². The predicted octanol–water partition coefficient (Wildman–Crippen LogP) is 2.14. The summed E-state index contributed by atoms with van der Waals surface area (Å²) in [5.41, 5.74) is 6.16. The minimum absolute atomic E-state index is 0.0601. The Labute approximate surface area is 109 Å². The summed E-state index contributed by atoms with van der Waals surface area (Å²) >= 11 is 0. The molecule has 100 valence electrons. The molecule has 1 heterocycles. The topological polar surface area (TPSA) is 74.4 Å². The van der Waals surface area contributed by atoms with Gasteiger partial charge in [0.2, 0.25) is 0 Å². The van der Waals surface area contributed by atoms with Crippen LogP contribution in [0.25, 0.3) is 10.9 Å². The number of hydrogen-bond donors (Lipinski definition) is 1. The highest BCUT2D eigenvalue weighted by Gasteiger charge is 2.18. The van der Waals surface area contributed by atoms with Crippen molar-refractivity contribution >= 4 is 22.6 Å². The lowest BCUT2D eigenvalue weighted by Crippen LogP contribution is -2.09. The number of esters is 1. The second-order valence-electron chi connectivity index (χ2n) is 3.78. The standard InChI is InChI=1S/C13H13FN2O3/c1-3-19-13(17)7-6-16-12-8(14)4-5-9(18-2)10(12)11(7)15/h4-6H,3H2,1-2H3,(H2,15,16). The minimum Gasteiger partial charge on any atom is -0.496 e. The lowest BCUT2D eigenvalue weighted by Gasteiger charge is -2.11. The molecule has 0 radical (unpaired) electrons. The summed E-state index contributed by atoms with van der Waals surface area (Å²) in [7, 11) is 1.43. The third-order valence-corrected chi connectivity index (χ3v) is 2.69. The van der Waals surface area contributed by atoms with Crippen LogP contribution < -0.4 is 10.5 Å². The molecule has 0 unspecified atom stereocenters. The fourth-order valence-corrected chi connectivity index (χ4v) is 1.81. The van der Waals surface area contributed by atoms with Crippen LogP contribution in [0.5, 0.6) is 5.75 Å². The number of anilines is 1. The molecule has 2 N–H and O–H groups in total. The Bertz CT molecular complexity index is 643. The van der Waals surface area contributed by atoms with E-state index in [2.05, 4.69) is 4.98 Å². The number of rotatable bonds is 3. The van der Waals surface area contributed by atoms with Gasteiger partial charge < -0.3 is 15.2 Å². The molecule has 0 aliphatic heterocycles. The number of ether oxygens (including phenoxy) is 2. The number of methoxy groups -OCH3 is 1. The third kappa shape index (κ3) is 2.16. The number of fused-ring (bicyclic) bond motifs is 1. The molecule has 2 aromatic rings. The van der Waals surface area contributed by atoms with E-state index < -0.39 is 11.8 Å². The molecule has 0 spiro atoms. The number of carbonyl (C=O) groups excluding carboxylic acids is 1. The average molecular weight is 264 g/mol. The van der Waals surface area contributed by atoms with Gasteiger partial charge in [0, 0.05) is 6.20 Å². The highest BCUT2D eigenvalue weighted by atomic mass is 19.1. The maximum atomic E-state index is 13.7. The number of nitrogens with two attached hydrogens (primary N) is 1. The van der Waals surface area contributed by atoms with E-state index in [1.807, 2.05) is 0 Å². The summed E-state index contributed by atoms with van der Waals surface area (Å²) in [6, 6.07) is 2.67. The first-order chi connectivity index (χ1) is 9.10. The maximum absolute atomic E-state index is 13.7. The number of carbonyl (C=O) groups is 1. The van der Waals surface area contributed by atoms with Crippen molar-refractivity contribution in [2.45, 2.75) is 6.92 Å². The van der Waals surface area contributed by atoms with Gasteiger partial charge in [-0.25, -0.2) is 9.18 Å². The van der Waals surface area contributed by atoms with Crippen LogP contribution in [0.1, 0.15) is 17.3 Å². The molecule has 2 rings (SSSR count). The van der Waals surface area contributed by atoms with Crippen molar-refractivity contribution in [2.24, 2.45) is 0 Å². The second-order valence-corrected chi connectivity index (χ2v) is 3.78. The van der Waals surface area contributed by atoms with Gasteiger partial charge in [-0.05, 0) is 19.1 Å². The lowest BCUT2D eigenvalue weighted by molar-refractivity contribution is 0.0527. The van der Waals surface area contributed by atoms with E-state index in [0.29, 0.717) is 5.75 Å². The zero-order valence-corrected chi connectivity index (χ0v) is 10.6. The van der Waals surface area contributed by atoms with Crippen LogP contribution in [-0.4, -0.2) is 24.7 Å².